The normalized spacial score (nSPS) is 12.1. The summed E-state index contributed by atoms with van der Waals surface area (Å²) in [7, 11) is 0. The van der Waals surface area contributed by atoms with Crippen molar-refractivity contribution in [3.63, 3.8) is 0 Å². The number of aromatic nitrogens is 1. The molecule has 0 amide bonds. The lowest BCUT2D eigenvalue weighted by molar-refractivity contribution is 0.0631. The molecular formula is C19H19NO4. The van der Waals surface area contributed by atoms with Crippen LogP contribution in [0.15, 0.2) is 54.7 Å². The fraction of sp³-hybridized carbons (Fsp3) is 0.211. The molecule has 0 aliphatic rings. The summed E-state index contributed by atoms with van der Waals surface area (Å²) in [5.41, 5.74) is 1.57. The number of rotatable bonds is 7. The SMILES string of the molecule is CC(=O)c1cccc(OCC(O)COc2cccc3[nH]ccc23)c1. The number of nitrogens with one attached hydrogen (secondary N) is 1. The Morgan fingerprint density at radius 3 is 2.75 bits per heavy atom. The summed E-state index contributed by atoms with van der Waals surface area (Å²) in [4.78, 5) is 14.5. The van der Waals surface area contributed by atoms with Crippen LogP contribution in [-0.2, 0) is 0 Å². The molecule has 0 saturated heterocycles. The topological polar surface area (TPSA) is 71.6 Å². The van der Waals surface area contributed by atoms with Crippen LogP contribution in [0.2, 0.25) is 0 Å². The van der Waals surface area contributed by atoms with E-state index in [0.29, 0.717) is 17.1 Å². The molecule has 3 rings (SSSR count). The molecule has 0 spiro atoms. The molecule has 2 aromatic carbocycles. The van der Waals surface area contributed by atoms with Gasteiger partial charge in [-0.1, -0.05) is 18.2 Å². The Balaban J connectivity index is 1.54. The molecule has 1 atom stereocenters. The zero-order valence-electron chi connectivity index (χ0n) is 13.4. The van der Waals surface area contributed by atoms with Crippen molar-refractivity contribution in [2.75, 3.05) is 13.2 Å². The Bertz CT molecular complexity index is 840. The van der Waals surface area contributed by atoms with Gasteiger partial charge < -0.3 is 19.6 Å². The standard InChI is InChI=1S/C19H19NO4/c1-13(21)14-4-2-5-16(10-14)23-11-15(22)12-24-19-7-3-6-18-17(19)8-9-20-18/h2-10,15,20,22H,11-12H2,1H3. The van der Waals surface area contributed by atoms with Crippen LogP contribution in [0.4, 0.5) is 0 Å². The van der Waals surface area contributed by atoms with Gasteiger partial charge in [0.1, 0.15) is 30.8 Å². The number of aromatic amines is 1. The molecule has 0 aliphatic carbocycles. The molecule has 3 aromatic rings. The Labute approximate surface area is 139 Å². The summed E-state index contributed by atoms with van der Waals surface area (Å²) >= 11 is 0. The van der Waals surface area contributed by atoms with Crippen LogP contribution in [0.1, 0.15) is 17.3 Å². The lowest BCUT2D eigenvalue weighted by Crippen LogP contribution is -2.25. The van der Waals surface area contributed by atoms with Crippen LogP contribution in [0.5, 0.6) is 11.5 Å². The van der Waals surface area contributed by atoms with Gasteiger partial charge in [0.05, 0.1) is 0 Å². The van der Waals surface area contributed by atoms with E-state index in [4.69, 9.17) is 9.47 Å². The number of Topliss-reactive ketones (excluding diaryl/α,β-unsaturated/α-hetero) is 1. The molecular weight excluding hydrogens is 306 g/mol. The summed E-state index contributed by atoms with van der Waals surface area (Å²) in [6, 6.07) is 14.5. The van der Waals surface area contributed by atoms with Crippen LogP contribution >= 0.6 is 0 Å². The Morgan fingerprint density at radius 2 is 1.92 bits per heavy atom. The monoisotopic (exact) mass is 325 g/mol. The zero-order valence-corrected chi connectivity index (χ0v) is 13.4. The molecule has 0 fully saturated rings. The molecule has 0 saturated carbocycles. The first-order chi connectivity index (χ1) is 11.6. The quantitative estimate of drug-likeness (QED) is 0.655. The minimum Gasteiger partial charge on any atom is -0.491 e. The number of aliphatic hydroxyl groups is 1. The molecule has 0 radical (unpaired) electrons. The van der Waals surface area contributed by atoms with Gasteiger partial charge in [0, 0.05) is 22.7 Å². The van der Waals surface area contributed by atoms with Gasteiger partial charge in [-0.2, -0.15) is 0 Å². The van der Waals surface area contributed by atoms with Crippen LogP contribution in [0, 0.1) is 0 Å². The van der Waals surface area contributed by atoms with Crippen molar-refractivity contribution in [1.29, 1.82) is 0 Å². The predicted octanol–water partition coefficient (Wildman–Crippen LogP) is 3.19. The summed E-state index contributed by atoms with van der Waals surface area (Å²) in [5.74, 6) is 1.24. The lowest BCUT2D eigenvalue weighted by Gasteiger charge is -2.14. The molecule has 0 bridgehead atoms. The van der Waals surface area contributed by atoms with Gasteiger partial charge in [-0.3, -0.25) is 4.79 Å². The van der Waals surface area contributed by atoms with E-state index in [1.807, 2.05) is 30.5 Å². The van der Waals surface area contributed by atoms with Crippen LogP contribution in [0.3, 0.4) is 0 Å². The molecule has 0 aliphatic heterocycles. The number of hydrogen-bond donors (Lipinski definition) is 2. The second-order valence-electron chi connectivity index (χ2n) is 5.55. The Hall–Kier alpha value is -2.79. The van der Waals surface area contributed by atoms with Crippen molar-refractivity contribution in [2.24, 2.45) is 0 Å². The largest absolute Gasteiger partial charge is 0.491 e. The summed E-state index contributed by atoms with van der Waals surface area (Å²) in [6.07, 6.45) is 1.07. The van der Waals surface area contributed by atoms with Crippen molar-refractivity contribution >= 4 is 16.7 Å². The molecule has 5 nitrogen and oxygen atoms in total. The van der Waals surface area contributed by atoms with E-state index >= 15 is 0 Å². The third-order valence-electron chi connectivity index (χ3n) is 3.67. The lowest BCUT2D eigenvalue weighted by atomic mass is 10.1. The first-order valence-electron chi connectivity index (χ1n) is 7.74. The van der Waals surface area contributed by atoms with E-state index in [-0.39, 0.29) is 19.0 Å². The number of H-pyrrole nitrogens is 1. The van der Waals surface area contributed by atoms with Crippen molar-refractivity contribution in [3.05, 3.63) is 60.3 Å². The van der Waals surface area contributed by atoms with Crippen molar-refractivity contribution in [2.45, 2.75) is 13.0 Å². The molecule has 24 heavy (non-hydrogen) atoms. The van der Waals surface area contributed by atoms with Crippen LogP contribution < -0.4 is 9.47 Å². The Kier molecular flexibility index (Phi) is 4.82. The van der Waals surface area contributed by atoms with Crippen LogP contribution in [-0.4, -0.2) is 35.2 Å². The molecule has 1 heterocycles. The number of carbonyl (C=O) groups excluding carboxylic acids is 1. The first kappa shape index (κ1) is 16.1. The minimum absolute atomic E-state index is 0.0241. The number of ether oxygens (including phenoxy) is 2. The fourth-order valence-corrected chi connectivity index (χ4v) is 2.41. The highest BCUT2D eigenvalue weighted by Crippen LogP contribution is 2.24. The number of benzene rings is 2. The second-order valence-corrected chi connectivity index (χ2v) is 5.55. The zero-order chi connectivity index (χ0) is 16.9. The molecule has 1 aromatic heterocycles. The second kappa shape index (κ2) is 7.19. The third-order valence-corrected chi connectivity index (χ3v) is 3.67. The molecule has 2 N–H and O–H groups in total. The first-order valence-corrected chi connectivity index (χ1v) is 7.74. The van der Waals surface area contributed by atoms with E-state index in [1.165, 1.54) is 6.92 Å². The smallest absolute Gasteiger partial charge is 0.159 e. The molecule has 5 heteroatoms. The number of aliphatic hydroxyl groups excluding tert-OH is 1. The van der Waals surface area contributed by atoms with Gasteiger partial charge in [-0.15, -0.1) is 0 Å². The van der Waals surface area contributed by atoms with Gasteiger partial charge in [0.25, 0.3) is 0 Å². The summed E-state index contributed by atoms with van der Waals surface area (Å²) in [5, 5.41) is 11.0. The van der Waals surface area contributed by atoms with E-state index in [1.54, 1.807) is 24.3 Å². The van der Waals surface area contributed by atoms with Crippen molar-refractivity contribution in [1.82, 2.24) is 4.98 Å². The number of fused-ring (bicyclic) bond motifs is 1. The highest BCUT2D eigenvalue weighted by molar-refractivity contribution is 5.94. The van der Waals surface area contributed by atoms with E-state index < -0.39 is 6.10 Å². The predicted molar refractivity (Wildman–Crippen MR) is 91.7 cm³/mol. The maximum Gasteiger partial charge on any atom is 0.159 e. The van der Waals surface area contributed by atoms with Crippen molar-refractivity contribution in [3.8, 4) is 11.5 Å². The number of hydrogen-bond acceptors (Lipinski definition) is 4. The van der Waals surface area contributed by atoms with Gasteiger partial charge in [-0.05, 0) is 37.3 Å². The number of ketones is 1. The van der Waals surface area contributed by atoms with E-state index in [9.17, 15) is 9.90 Å². The fourth-order valence-electron chi connectivity index (χ4n) is 2.41. The average molecular weight is 325 g/mol. The maximum atomic E-state index is 11.4. The average Bonchev–Trinajstić information content (AvgIpc) is 3.07. The molecule has 124 valence electrons. The van der Waals surface area contributed by atoms with Gasteiger partial charge >= 0.3 is 0 Å². The van der Waals surface area contributed by atoms with Crippen LogP contribution in [0.25, 0.3) is 10.9 Å². The van der Waals surface area contributed by atoms with E-state index in [0.717, 1.165) is 10.9 Å². The molecule has 1 unspecified atom stereocenters. The highest BCUT2D eigenvalue weighted by atomic mass is 16.5. The third kappa shape index (κ3) is 3.75. The van der Waals surface area contributed by atoms with Gasteiger partial charge in [-0.25, -0.2) is 0 Å². The maximum absolute atomic E-state index is 11.4. The summed E-state index contributed by atoms with van der Waals surface area (Å²) in [6.45, 7) is 1.71. The highest BCUT2D eigenvalue weighted by Gasteiger charge is 2.09. The minimum atomic E-state index is -0.778. The van der Waals surface area contributed by atoms with E-state index in [2.05, 4.69) is 4.98 Å². The van der Waals surface area contributed by atoms with Crippen molar-refractivity contribution < 1.29 is 19.4 Å². The Morgan fingerprint density at radius 1 is 1.12 bits per heavy atom. The number of carbonyl (C=O) groups is 1. The van der Waals surface area contributed by atoms with Gasteiger partial charge in [0.2, 0.25) is 0 Å². The summed E-state index contributed by atoms with van der Waals surface area (Å²) < 4.78 is 11.2. The van der Waals surface area contributed by atoms with Gasteiger partial charge in [0.15, 0.2) is 5.78 Å².